The van der Waals surface area contributed by atoms with Crippen LogP contribution in [0, 0.1) is 6.92 Å². The lowest BCUT2D eigenvalue weighted by atomic mass is 10.0. The molecule has 34 heavy (non-hydrogen) atoms. The molecule has 2 amide bonds. The van der Waals surface area contributed by atoms with E-state index in [1.165, 1.54) is 4.88 Å². The van der Waals surface area contributed by atoms with Crippen LogP contribution in [0.3, 0.4) is 0 Å². The smallest absolute Gasteiger partial charge is 0.254 e. The lowest BCUT2D eigenvalue weighted by molar-refractivity contribution is -0.135. The molecule has 0 spiro atoms. The van der Waals surface area contributed by atoms with Crippen LogP contribution in [-0.2, 0) is 16.0 Å². The summed E-state index contributed by atoms with van der Waals surface area (Å²) in [5.74, 6) is 0.517. The molecule has 0 fully saturated rings. The van der Waals surface area contributed by atoms with E-state index in [1.54, 1.807) is 29.4 Å². The summed E-state index contributed by atoms with van der Waals surface area (Å²) in [5.41, 5.74) is 2.71. The minimum absolute atomic E-state index is 0.00254. The highest BCUT2D eigenvalue weighted by Crippen LogP contribution is 2.34. The van der Waals surface area contributed by atoms with Crippen LogP contribution in [-0.4, -0.2) is 61.6 Å². The number of hydrogen-bond donors (Lipinski definition) is 0. The van der Waals surface area contributed by atoms with E-state index in [0.29, 0.717) is 31.9 Å². The van der Waals surface area contributed by atoms with Crippen LogP contribution in [0.2, 0.25) is 0 Å². The van der Waals surface area contributed by atoms with Crippen LogP contribution < -0.4 is 4.74 Å². The molecule has 0 N–H and O–H groups in total. The van der Waals surface area contributed by atoms with Crippen molar-refractivity contribution in [3.05, 3.63) is 87.6 Å². The Morgan fingerprint density at radius 1 is 1.12 bits per heavy atom. The molecular weight excluding hydrogens is 448 g/mol. The van der Waals surface area contributed by atoms with Crippen LogP contribution >= 0.6 is 11.3 Å². The first kappa shape index (κ1) is 24.0. The van der Waals surface area contributed by atoms with Crippen molar-refractivity contribution in [1.82, 2.24) is 9.80 Å². The van der Waals surface area contributed by atoms with E-state index in [2.05, 4.69) is 11.4 Å². The predicted octanol–water partition coefficient (Wildman–Crippen LogP) is 4.35. The second-order valence-corrected chi connectivity index (χ2v) is 9.37. The van der Waals surface area contributed by atoms with Crippen LogP contribution in [0.25, 0.3) is 0 Å². The molecule has 4 rings (SSSR count). The van der Waals surface area contributed by atoms with Gasteiger partial charge in [-0.2, -0.15) is 0 Å². The van der Waals surface area contributed by atoms with Crippen molar-refractivity contribution in [2.24, 2.45) is 0 Å². The first-order chi connectivity index (χ1) is 16.6. The van der Waals surface area contributed by atoms with Crippen LogP contribution in [0.15, 0.2) is 66.0 Å². The molecule has 0 bridgehead atoms. The van der Waals surface area contributed by atoms with Gasteiger partial charge in [0.05, 0.1) is 12.6 Å². The van der Waals surface area contributed by atoms with Crippen molar-refractivity contribution < 1.29 is 19.1 Å². The molecule has 1 aromatic heterocycles. The molecule has 1 unspecified atom stereocenters. The summed E-state index contributed by atoms with van der Waals surface area (Å²) in [5, 5.41) is 2.07. The van der Waals surface area contributed by atoms with Crippen molar-refractivity contribution in [2.45, 2.75) is 19.4 Å². The summed E-state index contributed by atoms with van der Waals surface area (Å²) in [7, 11) is 1.59. The fraction of sp³-hybridized carbons (Fsp3) is 0.333. The zero-order valence-corrected chi connectivity index (χ0v) is 20.4. The normalized spacial score (nSPS) is 15.0. The molecule has 2 heterocycles. The molecule has 0 saturated heterocycles. The average molecular weight is 479 g/mol. The van der Waals surface area contributed by atoms with Crippen LogP contribution in [0.5, 0.6) is 5.75 Å². The number of methoxy groups -OCH3 is 1. The van der Waals surface area contributed by atoms with E-state index >= 15 is 0 Å². The second-order valence-electron chi connectivity index (χ2n) is 8.37. The average Bonchev–Trinajstić information content (AvgIpc) is 3.34. The molecule has 178 valence electrons. The van der Waals surface area contributed by atoms with Gasteiger partial charge in [-0.05, 0) is 54.6 Å². The van der Waals surface area contributed by atoms with Gasteiger partial charge in [0, 0.05) is 30.6 Å². The number of nitrogens with zero attached hydrogens (tertiary/aromatic N) is 2. The van der Waals surface area contributed by atoms with Gasteiger partial charge in [-0.3, -0.25) is 9.59 Å². The third kappa shape index (κ3) is 5.66. The van der Waals surface area contributed by atoms with E-state index in [4.69, 9.17) is 9.47 Å². The standard InChI is InChI=1S/C27H30N2O4S/c1-20-7-6-8-21(17-20)27(31)28(14-15-32-2)18-26(30)29-13-11-25-23(12-16-34-25)24(29)19-33-22-9-4-3-5-10-22/h3-10,12,16-17,24H,11,13-15,18-19H2,1-2H3. The Kier molecular flexibility index (Phi) is 7.98. The lowest BCUT2D eigenvalue weighted by Gasteiger charge is -2.37. The summed E-state index contributed by atoms with van der Waals surface area (Å²) in [6, 6.07) is 19.0. The highest BCUT2D eigenvalue weighted by molar-refractivity contribution is 7.10. The molecule has 6 nitrogen and oxygen atoms in total. The van der Waals surface area contributed by atoms with Gasteiger partial charge in [0.1, 0.15) is 18.9 Å². The highest BCUT2D eigenvalue weighted by Gasteiger charge is 2.33. The van der Waals surface area contributed by atoms with Crippen molar-refractivity contribution in [3.63, 3.8) is 0 Å². The Hall–Kier alpha value is -3.16. The number of benzene rings is 2. The number of carbonyl (C=O) groups excluding carboxylic acids is 2. The van der Waals surface area contributed by atoms with E-state index in [9.17, 15) is 9.59 Å². The minimum atomic E-state index is -0.193. The van der Waals surface area contributed by atoms with Gasteiger partial charge in [0.25, 0.3) is 5.91 Å². The van der Waals surface area contributed by atoms with Gasteiger partial charge in [-0.15, -0.1) is 11.3 Å². The number of amides is 2. The molecule has 1 atom stereocenters. The highest BCUT2D eigenvalue weighted by atomic mass is 32.1. The first-order valence-electron chi connectivity index (χ1n) is 11.4. The van der Waals surface area contributed by atoms with Crippen molar-refractivity contribution in [1.29, 1.82) is 0 Å². The van der Waals surface area contributed by atoms with Crippen LogP contribution in [0.4, 0.5) is 0 Å². The van der Waals surface area contributed by atoms with Gasteiger partial charge in [0.15, 0.2) is 0 Å². The number of aryl methyl sites for hydroxylation is 1. The molecule has 0 saturated carbocycles. The van der Waals surface area contributed by atoms with Gasteiger partial charge in [-0.25, -0.2) is 0 Å². The van der Waals surface area contributed by atoms with Gasteiger partial charge in [-0.1, -0.05) is 35.9 Å². The SMILES string of the molecule is COCCN(CC(=O)N1CCc2sccc2C1COc1ccccc1)C(=O)c1cccc(C)c1. The van der Waals surface area contributed by atoms with E-state index in [-0.39, 0.29) is 24.4 Å². The fourth-order valence-corrected chi connectivity index (χ4v) is 5.16. The maximum absolute atomic E-state index is 13.6. The minimum Gasteiger partial charge on any atom is -0.491 e. The summed E-state index contributed by atoms with van der Waals surface area (Å²) < 4.78 is 11.3. The Balaban J connectivity index is 1.52. The molecule has 0 radical (unpaired) electrons. The molecule has 1 aliphatic rings. The summed E-state index contributed by atoms with van der Waals surface area (Å²) in [6.45, 7) is 3.62. The quantitative estimate of drug-likeness (QED) is 0.459. The number of thiophene rings is 1. The maximum atomic E-state index is 13.6. The van der Waals surface area contributed by atoms with Gasteiger partial charge in [0.2, 0.25) is 5.91 Å². The van der Waals surface area contributed by atoms with Crippen molar-refractivity contribution >= 4 is 23.2 Å². The summed E-state index contributed by atoms with van der Waals surface area (Å²) >= 11 is 1.72. The van der Waals surface area contributed by atoms with Crippen molar-refractivity contribution in [3.8, 4) is 5.75 Å². The molecular formula is C27H30N2O4S. The van der Waals surface area contributed by atoms with E-state index < -0.39 is 0 Å². The zero-order chi connectivity index (χ0) is 23.9. The number of rotatable bonds is 9. The molecule has 0 aliphatic carbocycles. The number of hydrogen-bond acceptors (Lipinski definition) is 5. The maximum Gasteiger partial charge on any atom is 0.254 e. The van der Waals surface area contributed by atoms with Gasteiger partial charge >= 0.3 is 0 Å². The molecule has 3 aromatic rings. The first-order valence-corrected chi connectivity index (χ1v) is 12.3. The zero-order valence-electron chi connectivity index (χ0n) is 19.6. The monoisotopic (exact) mass is 478 g/mol. The summed E-state index contributed by atoms with van der Waals surface area (Å²) in [6.07, 6.45) is 0.810. The topological polar surface area (TPSA) is 59.1 Å². The van der Waals surface area contributed by atoms with E-state index in [1.807, 2.05) is 60.4 Å². The van der Waals surface area contributed by atoms with Crippen molar-refractivity contribution in [2.75, 3.05) is 40.0 Å². The number of carbonyl (C=O) groups is 2. The Morgan fingerprint density at radius 3 is 2.71 bits per heavy atom. The molecule has 7 heteroatoms. The number of fused-ring (bicyclic) bond motifs is 1. The number of para-hydroxylation sites is 1. The Bertz CT molecular complexity index is 1110. The predicted molar refractivity (Wildman–Crippen MR) is 133 cm³/mol. The summed E-state index contributed by atoms with van der Waals surface area (Å²) in [4.78, 5) is 31.5. The third-order valence-corrected chi connectivity index (χ3v) is 7.01. The lowest BCUT2D eigenvalue weighted by Crippen LogP contribution is -2.48. The second kappa shape index (κ2) is 11.3. The molecule has 2 aromatic carbocycles. The fourth-order valence-electron chi connectivity index (χ4n) is 4.24. The Morgan fingerprint density at radius 2 is 1.94 bits per heavy atom. The largest absolute Gasteiger partial charge is 0.491 e. The Labute approximate surface area is 204 Å². The van der Waals surface area contributed by atoms with Crippen LogP contribution in [0.1, 0.15) is 32.4 Å². The third-order valence-electron chi connectivity index (χ3n) is 6.01. The van der Waals surface area contributed by atoms with Gasteiger partial charge < -0.3 is 19.3 Å². The number of ether oxygens (including phenoxy) is 2. The molecule has 1 aliphatic heterocycles. The van der Waals surface area contributed by atoms with E-state index in [0.717, 1.165) is 23.3 Å².